The largest absolute Gasteiger partial charge is 0.322 e. The number of amides is 1. The van der Waals surface area contributed by atoms with Crippen molar-refractivity contribution in [1.29, 1.82) is 0 Å². The van der Waals surface area contributed by atoms with Crippen LogP contribution in [-0.2, 0) is 16.9 Å². The van der Waals surface area contributed by atoms with Crippen molar-refractivity contribution < 1.29 is 4.79 Å². The maximum atomic E-state index is 12.8. The zero-order valence-electron chi connectivity index (χ0n) is 19.7. The maximum Gasteiger partial charge on any atom is 0.255 e. The van der Waals surface area contributed by atoms with E-state index in [1.54, 1.807) is 0 Å². The maximum absolute atomic E-state index is 12.8. The van der Waals surface area contributed by atoms with E-state index >= 15 is 0 Å². The molecular weight excluding hydrogens is 434 g/mol. The van der Waals surface area contributed by atoms with Crippen LogP contribution in [0.2, 0.25) is 0 Å². The molecule has 4 bridgehead atoms. The summed E-state index contributed by atoms with van der Waals surface area (Å²) in [7, 11) is 0. The molecule has 3 aromatic carbocycles. The Bertz CT molecular complexity index is 1100. The normalized spacial score (nSPS) is 27.0. The minimum Gasteiger partial charge on any atom is -0.322 e. The van der Waals surface area contributed by atoms with E-state index in [4.69, 9.17) is 0 Å². The van der Waals surface area contributed by atoms with Crippen LogP contribution in [0.1, 0.15) is 65.6 Å². The van der Waals surface area contributed by atoms with Crippen LogP contribution in [0.3, 0.4) is 0 Å². The molecule has 34 heavy (non-hydrogen) atoms. The summed E-state index contributed by atoms with van der Waals surface area (Å²) in [6.45, 7) is 0. The highest BCUT2D eigenvalue weighted by atomic mass is 32.2. The first-order valence-corrected chi connectivity index (χ1v) is 13.9. The van der Waals surface area contributed by atoms with Crippen LogP contribution in [0, 0.1) is 17.8 Å². The first kappa shape index (κ1) is 22.0. The Morgan fingerprint density at radius 1 is 0.735 bits per heavy atom. The van der Waals surface area contributed by atoms with Crippen molar-refractivity contribution in [1.82, 2.24) is 0 Å². The predicted molar refractivity (Wildman–Crippen MR) is 142 cm³/mol. The van der Waals surface area contributed by atoms with Crippen LogP contribution in [0.4, 0.5) is 5.69 Å². The molecule has 0 heterocycles. The highest BCUT2D eigenvalue weighted by Crippen LogP contribution is 2.60. The predicted octanol–water partition coefficient (Wildman–Crippen LogP) is 7.84. The molecule has 4 saturated carbocycles. The van der Waals surface area contributed by atoms with Gasteiger partial charge in [0.05, 0.1) is 0 Å². The van der Waals surface area contributed by atoms with Gasteiger partial charge in [0, 0.05) is 22.8 Å². The van der Waals surface area contributed by atoms with Gasteiger partial charge in [-0.05, 0) is 103 Å². The van der Waals surface area contributed by atoms with E-state index in [9.17, 15) is 4.79 Å². The van der Waals surface area contributed by atoms with Gasteiger partial charge < -0.3 is 5.32 Å². The van der Waals surface area contributed by atoms with Gasteiger partial charge in [0.25, 0.3) is 5.91 Å². The molecule has 4 aliphatic rings. The van der Waals surface area contributed by atoms with Crippen LogP contribution >= 0.6 is 11.8 Å². The van der Waals surface area contributed by atoms with Gasteiger partial charge in [-0.1, -0.05) is 54.6 Å². The van der Waals surface area contributed by atoms with E-state index in [1.807, 2.05) is 23.9 Å². The number of rotatable bonds is 7. The van der Waals surface area contributed by atoms with E-state index in [1.165, 1.54) is 55.2 Å². The highest BCUT2D eigenvalue weighted by Gasteiger charge is 2.51. The van der Waals surface area contributed by atoms with Gasteiger partial charge in [-0.15, -0.1) is 0 Å². The summed E-state index contributed by atoms with van der Waals surface area (Å²) in [5, 5.41) is 3.10. The summed E-state index contributed by atoms with van der Waals surface area (Å²) < 4.78 is 0. The Labute approximate surface area is 207 Å². The van der Waals surface area contributed by atoms with Crippen molar-refractivity contribution in [3.05, 3.63) is 101 Å². The summed E-state index contributed by atoms with van der Waals surface area (Å²) in [5.74, 6) is 4.76. The molecule has 0 saturated heterocycles. The molecule has 4 aliphatic carbocycles. The molecule has 3 aromatic rings. The number of hydrogen-bond acceptors (Lipinski definition) is 2. The second-order valence-corrected chi connectivity index (χ2v) is 11.9. The second kappa shape index (κ2) is 9.26. The van der Waals surface area contributed by atoms with Crippen LogP contribution in [0.25, 0.3) is 0 Å². The molecule has 0 atom stereocenters. The SMILES string of the molecule is O=C(Nc1ccc(C23CC4CC(CC(C4)C2)C3)cc1)c1ccc(CSCc2ccccc2)cc1. The van der Waals surface area contributed by atoms with Crippen molar-refractivity contribution >= 4 is 23.4 Å². The molecule has 1 N–H and O–H groups in total. The average Bonchev–Trinajstić information content (AvgIpc) is 2.85. The van der Waals surface area contributed by atoms with Crippen molar-refractivity contribution in [3.8, 4) is 0 Å². The van der Waals surface area contributed by atoms with Gasteiger partial charge in [-0.25, -0.2) is 0 Å². The van der Waals surface area contributed by atoms with Gasteiger partial charge in [0.1, 0.15) is 0 Å². The summed E-state index contributed by atoms with van der Waals surface area (Å²) >= 11 is 1.90. The molecule has 1 amide bonds. The molecule has 4 fully saturated rings. The van der Waals surface area contributed by atoms with Crippen molar-refractivity contribution in [3.63, 3.8) is 0 Å². The lowest BCUT2D eigenvalue weighted by Gasteiger charge is -2.57. The molecule has 0 spiro atoms. The summed E-state index contributed by atoms with van der Waals surface area (Å²) in [5.41, 5.74) is 6.10. The van der Waals surface area contributed by atoms with Crippen molar-refractivity contribution in [2.75, 3.05) is 5.32 Å². The van der Waals surface area contributed by atoms with Gasteiger partial charge in [-0.2, -0.15) is 11.8 Å². The van der Waals surface area contributed by atoms with E-state index < -0.39 is 0 Å². The number of anilines is 1. The third kappa shape index (κ3) is 4.55. The van der Waals surface area contributed by atoms with Gasteiger partial charge >= 0.3 is 0 Å². The fourth-order valence-corrected chi connectivity index (χ4v) is 8.15. The third-order valence-electron chi connectivity index (χ3n) is 8.39. The van der Waals surface area contributed by atoms with E-state index in [2.05, 4.69) is 72.0 Å². The average molecular weight is 468 g/mol. The molecule has 0 aliphatic heterocycles. The number of nitrogens with one attached hydrogen (secondary N) is 1. The van der Waals surface area contributed by atoms with E-state index in [0.717, 1.165) is 34.9 Å². The minimum atomic E-state index is -0.0361. The number of carbonyl (C=O) groups is 1. The Hall–Kier alpha value is -2.52. The lowest BCUT2D eigenvalue weighted by atomic mass is 9.48. The topological polar surface area (TPSA) is 29.1 Å². The fraction of sp³-hybridized carbons (Fsp3) is 0.387. The first-order valence-electron chi connectivity index (χ1n) is 12.8. The summed E-state index contributed by atoms with van der Waals surface area (Å²) in [4.78, 5) is 12.8. The molecule has 0 aromatic heterocycles. The van der Waals surface area contributed by atoms with E-state index in [-0.39, 0.29) is 5.91 Å². The van der Waals surface area contributed by atoms with Crippen molar-refractivity contribution in [2.45, 2.75) is 55.4 Å². The molecule has 0 radical (unpaired) electrons. The van der Waals surface area contributed by atoms with Crippen LogP contribution < -0.4 is 5.32 Å². The van der Waals surface area contributed by atoms with Crippen LogP contribution in [-0.4, -0.2) is 5.91 Å². The lowest BCUT2D eigenvalue weighted by molar-refractivity contribution is -0.00518. The van der Waals surface area contributed by atoms with Crippen LogP contribution in [0.5, 0.6) is 0 Å². The third-order valence-corrected chi connectivity index (χ3v) is 9.46. The number of thioether (sulfide) groups is 1. The first-order chi connectivity index (χ1) is 16.6. The van der Waals surface area contributed by atoms with E-state index in [0.29, 0.717) is 11.0 Å². The number of hydrogen-bond donors (Lipinski definition) is 1. The zero-order valence-corrected chi connectivity index (χ0v) is 20.5. The summed E-state index contributed by atoms with van der Waals surface area (Å²) in [6.07, 6.45) is 8.54. The van der Waals surface area contributed by atoms with Crippen molar-refractivity contribution in [2.24, 2.45) is 17.8 Å². The molecule has 3 heteroatoms. The Balaban J connectivity index is 1.05. The van der Waals surface area contributed by atoms with Crippen LogP contribution in [0.15, 0.2) is 78.9 Å². The monoisotopic (exact) mass is 467 g/mol. The zero-order chi connectivity index (χ0) is 23.0. The number of carbonyl (C=O) groups excluding carboxylic acids is 1. The molecule has 7 rings (SSSR count). The van der Waals surface area contributed by atoms with Gasteiger partial charge in [0.2, 0.25) is 0 Å². The fourth-order valence-electron chi connectivity index (χ4n) is 7.19. The minimum absolute atomic E-state index is 0.0361. The Morgan fingerprint density at radius 3 is 1.88 bits per heavy atom. The summed E-state index contributed by atoms with van der Waals surface area (Å²) in [6, 6.07) is 27.4. The standard InChI is InChI=1S/C31H33NOS/c33-30(27-8-6-23(7-9-27)21-34-20-22-4-2-1-3-5-22)32-29-12-10-28(11-13-29)31-17-24-14-25(18-31)16-26(15-24)19-31/h1-13,24-26H,14-21H2,(H,32,33). The number of benzene rings is 3. The second-order valence-electron chi connectivity index (χ2n) is 10.9. The highest BCUT2D eigenvalue weighted by molar-refractivity contribution is 7.97. The van der Waals surface area contributed by atoms with Gasteiger partial charge in [-0.3, -0.25) is 4.79 Å². The lowest BCUT2D eigenvalue weighted by Crippen LogP contribution is -2.48. The van der Waals surface area contributed by atoms with Gasteiger partial charge in [0.15, 0.2) is 0 Å². The molecule has 2 nitrogen and oxygen atoms in total. The smallest absolute Gasteiger partial charge is 0.255 e. The Kier molecular flexibility index (Phi) is 5.99. The molecular formula is C31H33NOS. The Morgan fingerprint density at radius 2 is 1.29 bits per heavy atom. The molecule has 0 unspecified atom stereocenters. The quantitative estimate of drug-likeness (QED) is 0.383. The molecule has 174 valence electrons.